The van der Waals surface area contributed by atoms with E-state index >= 15 is 0 Å². The smallest absolute Gasteiger partial charge is 0.216 e. The van der Waals surface area contributed by atoms with Gasteiger partial charge in [-0.1, -0.05) is 42.5 Å². The van der Waals surface area contributed by atoms with Crippen molar-refractivity contribution in [2.75, 3.05) is 0 Å². The van der Waals surface area contributed by atoms with Crippen molar-refractivity contribution in [1.29, 1.82) is 0 Å². The summed E-state index contributed by atoms with van der Waals surface area (Å²) in [7, 11) is 0. The quantitative estimate of drug-likeness (QED) is 0.405. The lowest BCUT2D eigenvalue weighted by atomic mass is 10.2. The summed E-state index contributed by atoms with van der Waals surface area (Å²) in [5, 5.41) is 11.5. The van der Waals surface area contributed by atoms with E-state index in [1.807, 2.05) is 48.5 Å². The molecule has 21 heavy (non-hydrogen) atoms. The van der Waals surface area contributed by atoms with E-state index in [9.17, 15) is 0 Å². The maximum absolute atomic E-state index is 5.24. The van der Waals surface area contributed by atoms with Crippen LogP contribution in [0.25, 0.3) is 11.4 Å². The molecule has 0 unspecified atom stereocenters. The van der Waals surface area contributed by atoms with E-state index in [1.165, 1.54) is 0 Å². The summed E-state index contributed by atoms with van der Waals surface area (Å²) >= 11 is 7.52. The lowest BCUT2D eigenvalue weighted by Gasteiger charge is -2.00. The number of nitrogens with one attached hydrogen (secondary N) is 1. The van der Waals surface area contributed by atoms with Gasteiger partial charge in [0, 0.05) is 9.13 Å². The average Bonchev–Trinajstić information content (AvgIpc) is 2.87. The minimum Gasteiger partial charge on any atom is -0.250 e. The maximum Gasteiger partial charge on any atom is 0.216 e. The first kappa shape index (κ1) is 14.2. The van der Waals surface area contributed by atoms with Gasteiger partial charge in [0.1, 0.15) is 0 Å². The highest BCUT2D eigenvalue weighted by Gasteiger charge is 2.06. The first-order chi connectivity index (χ1) is 10.2. The molecule has 1 N–H and O–H groups in total. The van der Waals surface area contributed by atoms with Crippen molar-refractivity contribution in [3.63, 3.8) is 0 Å². The molecule has 4 nitrogen and oxygen atoms in total. The van der Waals surface area contributed by atoms with E-state index in [2.05, 4.69) is 44.0 Å². The Balaban J connectivity index is 2.00. The molecule has 0 aliphatic heterocycles. The highest BCUT2D eigenvalue weighted by atomic mass is 127. The predicted octanol–water partition coefficient (Wildman–Crippen LogP) is 4.09. The van der Waals surface area contributed by atoms with Gasteiger partial charge in [0.05, 0.1) is 6.21 Å². The number of nitrogens with zero attached hydrogens (tertiary/aromatic N) is 3. The van der Waals surface area contributed by atoms with Gasteiger partial charge in [-0.3, -0.25) is 0 Å². The number of halogens is 1. The van der Waals surface area contributed by atoms with Crippen LogP contribution in [0.5, 0.6) is 0 Å². The van der Waals surface area contributed by atoms with Gasteiger partial charge < -0.3 is 0 Å². The third-order valence-electron chi connectivity index (χ3n) is 2.85. The van der Waals surface area contributed by atoms with Crippen LogP contribution in [0, 0.1) is 8.34 Å². The van der Waals surface area contributed by atoms with Gasteiger partial charge in [0.2, 0.25) is 4.77 Å². The molecular formula is C15H11IN4S. The molecule has 1 aromatic heterocycles. The Morgan fingerprint density at radius 3 is 2.71 bits per heavy atom. The van der Waals surface area contributed by atoms with Crippen LogP contribution in [0.15, 0.2) is 59.7 Å². The SMILES string of the molecule is S=c1[nH]nc(-c2ccccc2)n1/N=C/c1cccc(I)c1. The second-order valence-corrected chi connectivity index (χ2v) is 5.96. The van der Waals surface area contributed by atoms with E-state index in [-0.39, 0.29) is 0 Å². The summed E-state index contributed by atoms with van der Waals surface area (Å²) in [6.45, 7) is 0. The largest absolute Gasteiger partial charge is 0.250 e. The first-order valence-electron chi connectivity index (χ1n) is 6.27. The number of benzene rings is 2. The summed E-state index contributed by atoms with van der Waals surface area (Å²) in [4.78, 5) is 0. The second-order valence-electron chi connectivity index (χ2n) is 4.33. The molecule has 3 aromatic rings. The zero-order valence-corrected chi connectivity index (χ0v) is 13.9. The van der Waals surface area contributed by atoms with Crippen molar-refractivity contribution in [2.45, 2.75) is 0 Å². The van der Waals surface area contributed by atoms with E-state index in [1.54, 1.807) is 10.9 Å². The van der Waals surface area contributed by atoms with Crippen LogP contribution in [0.3, 0.4) is 0 Å². The average molecular weight is 406 g/mol. The zero-order valence-electron chi connectivity index (χ0n) is 10.9. The molecule has 0 fully saturated rings. The normalized spacial score (nSPS) is 11.1. The standard InChI is InChI=1S/C15H11IN4S/c16-13-8-4-5-11(9-13)10-17-20-14(18-19-15(20)21)12-6-2-1-3-7-12/h1-10H,(H,19,21)/b17-10+. The molecule has 0 saturated heterocycles. The molecule has 0 aliphatic rings. The highest BCUT2D eigenvalue weighted by molar-refractivity contribution is 14.1. The minimum atomic E-state index is 0.468. The van der Waals surface area contributed by atoms with Crippen LogP contribution in [0.4, 0.5) is 0 Å². The van der Waals surface area contributed by atoms with Gasteiger partial charge in [-0.05, 0) is 52.5 Å². The lowest BCUT2D eigenvalue weighted by molar-refractivity contribution is 0.871. The van der Waals surface area contributed by atoms with Gasteiger partial charge in [-0.2, -0.15) is 14.9 Å². The Hall–Kier alpha value is -1.80. The Morgan fingerprint density at radius 1 is 1.14 bits per heavy atom. The summed E-state index contributed by atoms with van der Waals surface area (Å²) in [6, 6.07) is 17.9. The molecule has 1 heterocycles. The van der Waals surface area contributed by atoms with Crippen LogP contribution in [0.2, 0.25) is 0 Å². The molecule has 0 aliphatic carbocycles. The Morgan fingerprint density at radius 2 is 1.95 bits per heavy atom. The Labute approximate surface area is 140 Å². The maximum atomic E-state index is 5.24. The van der Waals surface area contributed by atoms with Crippen molar-refractivity contribution in [3.8, 4) is 11.4 Å². The fraction of sp³-hybridized carbons (Fsp3) is 0. The molecule has 0 radical (unpaired) electrons. The Bertz CT molecular complexity index is 836. The van der Waals surface area contributed by atoms with Crippen LogP contribution in [0.1, 0.15) is 5.56 Å². The van der Waals surface area contributed by atoms with Gasteiger partial charge in [-0.25, -0.2) is 5.10 Å². The number of H-pyrrole nitrogens is 1. The highest BCUT2D eigenvalue weighted by Crippen LogP contribution is 2.16. The second kappa shape index (κ2) is 6.31. The molecule has 0 saturated carbocycles. The Kier molecular flexibility index (Phi) is 4.26. The molecule has 2 aromatic carbocycles. The summed E-state index contributed by atoms with van der Waals surface area (Å²) < 4.78 is 3.26. The van der Waals surface area contributed by atoms with Crippen LogP contribution >= 0.6 is 34.8 Å². The minimum absolute atomic E-state index is 0.468. The topological polar surface area (TPSA) is 46.0 Å². The number of aromatic amines is 1. The number of rotatable bonds is 3. The molecule has 0 atom stereocenters. The van der Waals surface area contributed by atoms with Crippen LogP contribution < -0.4 is 0 Å². The molecule has 3 rings (SSSR count). The van der Waals surface area contributed by atoms with Crippen LogP contribution in [-0.2, 0) is 0 Å². The summed E-state index contributed by atoms with van der Waals surface area (Å²) in [5.74, 6) is 0.697. The number of hydrogen-bond donors (Lipinski definition) is 1. The summed E-state index contributed by atoms with van der Waals surface area (Å²) in [6.07, 6.45) is 1.78. The van der Waals surface area contributed by atoms with Gasteiger partial charge in [0.15, 0.2) is 5.82 Å². The molecule has 6 heteroatoms. The van der Waals surface area contributed by atoms with E-state index in [4.69, 9.17) is 12.2 Å². The molecular weight excluding hydrogens is 395 g/mol. The number of aromatic nitrogens is 3. The van der Waals surface area contributed by atoms with Crippen molar-refractivity contribution in [1.82, 2.24) is 14.9 Å². The fourth-order valence-electron chi connectivity index (χ4n) is 1.88. The zero-order chi connectivity index (χ0) is 14.7. The van der Waals surface area contributed by atoms with Crippen LogP contribution in [-0.4, -0.2) is 21.1 Å². The van der Waals surface area contributed by atoms with Crippen molar-refractivity contribution in [3.05, 3.63) is 68.5 Å². The van der Waals surface area contributed by atoms with E-state index in [0.717, 1.165) is 14.7 Å². The lowest BCUT2D eigenvalue weighted by Crippen LogP contribution is -1.95. The molecule has 104 valence electrons. The van der Waals surface area contributed by atoms with Gasteiger partial charge in [-0.15, -0.1) is 0 Å². The van der Waals surface area contributed by atoms with Crippen molar-refractivity contribution in [2.24, 2.45) is 5.10 Å². The van der Waals surface area contributed by atoms with Gasteiger partial charge in [0.25, 0.3) is 0 Å². The van der Waals surface area contributed by atoms with Crippen molar-refractivity contribution < 1.29 is 0 Å². The fourth-order valence-corrected chi connectivity index (χ4v) is 2.63. The third-order valence-corrected chi connectivity index (χ3v) is 3.79. The number of hydrogen-bond acceptors (Lipinski definition) is 3. The van der Waals surface area contributed by atoms with E-state index in [0.29, 0.717) is 10.6 Å². The first-order valence-corrected chi connectivity index (χ1v) is 7.75. The predicted molar refractivity (Wildman–Crippen MR) is 95.0 cm³/mol. The molecule has 0 bridgehead atoms. The monoisotopic (exact) mass is 406 g/mol. The van der Waals surface area contributed by atoms with E-state index < -0.39 is 0 Å². The van der Waals surface area contributed by atoms with Crippen molar-refractivity contribution >= 4 is 41.0 Å². The molecule has 0 spiro atoms. The summed E-state index contributed by atoms with van der Waals surface area (Å²) in [5.41, 5.74) is 1.98. The van der Waals surface area contributed by atoms with Gasteiger partial charge >= 0.3 is 0 Å². The third kappa shape index (κ3) is 3.27. The molecule has 0 amide bonds.